The molecule has 0 atom stereocenters. The summed E-state index contributed by atoms with van der Waals surface area (Å²) in [7, 11) is 0. The summed E-state index contributed by atoms with van der Waals surface area (Å²) in [5, 5.41) is 8.92. The number of rotatable bonds is 4. The Hall–Kier alpha value is -3.34. The van der Waals surface area contributed by atoms with Crippen LogP contribution in [-0.2, 0) is 17.5 Å². The van der Waals surface area contributed by atoms with Crippen molar-refractivity contribution < 1.29 is 18.0 Å². The minimum absolute atomic E-state index is 0.00220. The fourth-order valence-corrected chi connectivity index (χ4v) is 2.86. The van der Waals surface area contributed by atoms with E-state index in [-0.39, 0.29) is 18.7 Å². The summed E-state index contributed by atoms with van der Waals surface area (Å²) in [6.45, 7) is 0.123. The lowest BCUT2D eigenvalue weighted by atomic mass is 10.1. The first-order valence-corrected chi connectivity index (χ1v) is 7.64. The van der Waals surface area contributed by atoms with Crippen LogP contribution in [0.5, 0.6) is 0 Å². The van der Waals surface area contributed by atoms with E-state index < -0.39 is 23.0 Å². The Bertz CT molecular complexity index is 1090. The summed E-state index contributed by atoms with van der Waals surface area (Å²) in [5.41, 5.74) is -1.24. The van der Waals surface area contributed by atoms with Crippen LogP contribution in [0.2, 0.25) is 0 Å². The molecule has 5 nitrogen and oxygen atoms in total. The number of para-hydroxylation sites is 2. The molecule has 0 N–H and O–H groups in total. The lowest BCUT2D eigenvalue weighted by Crippen LogP contribution is -2.24. The van der Waals surface area contributed by atoms with Crippen LogP contribution in [0.3, 0.4) is 0 Å². The third-order valence-corrected chi connectivity index (χ3v) is 3.99. The van der Waals surface area contributed by atoms with Gasteiger partial charge in [-0.05, 0) is 30.3 Å². The Kier molecular flexibility index (Phi) is 4.38. The molecule has 26 heavy (non-hydrogen) atoms. The summed E-state index contributed by atoms with van der Waals surface area (Å²) >= 11 is 0. The van der Waals surface area contributed by atoms with Crippen molar-refractivity contribution >= 4 is 17.3 Å². The number of imidazole rings is 1. The molecule has 1 aromatic heterocycles. The second kappa shape index (κ2) is 6.52. The quantitative estimate of drug-likeness (QED) is 0.672. The van der Waals surface area contributed by atoms with Crippen LogP contribution in [0.15, 0.2) is 47.3 Å². The average Bonchev–Trinajstić information content (AvgIpc) is 2.90. The summed E-state index contributed by atoms with van der Waals surface area (Å²) in [4.78, 5) is 23.4. The molecule has 0 saturated carbocycles. The highest BCUT2D eigenvalue weighted by atomic mass is 19.4. The minimum atomic E-state index is -4.72. The minimum Gasteiger partial charge on any atom is -0.303 e. The van der Waals surface area contributed by atoms with Crippen molar-refractivity contribution in [3.8, 4) is 11.8 Å². The first kappa shape index (κ1) is 17.5. The fourth-order valence-electron chi connectivity index (χ4n) is 2.86. The van der Waals surface area contributed by atoms with Crippen LogP contribution in [0.1, 0.15) is 17.5 Å². The number of hydrogen-bond donors (Lipinski definition) is 0. The summed E-state index contributed by atoms with van der Waals surface area (Å²) < 4.78 is 42.2. The first-order valence-electron chi connectivity index (χ1n) is 7.64. The molecule has 0 unspecified atom stereocenters. The predicted octanol–water partition coefficient (Wildman–Crippen LogP) is 3.27. The Labute approximate surface area is 145 Å². The third kappa shape index (κ3) is 2.88. The lowest BCUT2D eigenvalue weighted by Gasteiger charge is -2.11. The topological polar surface area (TPSA) is 67.8 Å². The van der Waals surface area contributed by atoms with Gasteiger partial charge in [-0.25, -0.2) is 4.79 Å². The largest absolute Gasteiger partial charge is 0.417 e. The molecule has 0 fully saturated rings. The van der Waals surface area contributed by atoms with Crippen LogP contribution >= 0.6 is 0 Å². The molecule has 3 aromatic rings. The van der Waals surface area contributed by atoms with Gasteiger partial charge in [0.15, 0.2) is 0 Å². The van der Waals surface area contributed by atoms with Crippen molar-refractivity contribution in [3.05, 3.63) is 64.1 Å². The van der Waals surface area contributed by atoms with E-state index in [2.05, 4.69) is 0 Å². The maximum atomic E-state index is 13.2. The van der Waals surface area contributed by atoms with Crippen LogP contribution in [-0.4, -0.2) is 15.4 Å². The number of alkyl halides is 3. The van der Waals surface area contributed by atoms with E-state index in [1.807, 2.05) is 0 Å². The number of carbonyl (C=O) groups excluding carboxylic acids is 1. The van der Waals surface area contributed by atoms with Gasteiger partial charge in [-0.15, -0.1) is 0 Å². The predicted molar refractivity (Wildman–Crippen MR) is 87.9 cm³/mol. The van der Waals surface area contributed by atoms with Crippen molar-refractivity contribution in [2.45, 2.75) is 19.1 Å². The van der Waals surface area contributed by atoms with Gasteiger partial charge in [0.05, 0.1) is 33.9 Å². The molecule has 0 spiro atoms. The van der Waals surface area contributed by atoms with Crippen molar-refractivity contribution in [1.82, 2.24) is 9.13 Å². The summed E-state index contributed by atoms with van der Waals surface area (Å²) in [5.74, 6) is 0. The molecule has 0 aliphatic carbocycles. The number of carbonyl (C=O) groups is 1. The van der Waals surface area contributed by atoms with Crippen molar-refractivity contribution in [2.24, 2.45) is 0 Å². The maximum Gasteiger partial charge on any atom is 0.417 e. The van der Waals surface area contributed by atoms with Gasteiger partial charge in [-0.3, -0.25) is 9.13 Å². The molecule has 132 valence electrons. The van der Waals surface area contributed by atoms with Crippen LogP contribution < -0.4 is 5.69 Å². The molecule has 0 aliphatic rings. The number of nitriles is 1. The zero-order valence-electron chi connectivity index (χ0n) is 13.3. The van der Waals surface area contributed by atoms with Crippen LogP contribution in [0, 0.1) is 11.3 Å². The third-order valence-electron chi connectivity index (χ3n) is 3.99. The van der Waals surface area contributed by atoms with E-state index in [9.17, 15) is 22.8 Å². The van der Waals surface area contributed by atoms with E-state index in [4.69, 9.17) is 5.26 Å². The smallest absolute Gasteiger partial charge is 0.303 e. The lowest BCUT2D eigenvalue weighted by molar-refractivity contribution is -0.137. The molecule has 0 radical (unpaired) electrons. The number of aromatic nitrogens is 2. The Balaban J connectivity index is 2.30. The highest BCUT2D eigenvalue weighted by molar-refractivity contribution is 5.78. The van der Waals surface area contributed by atoms with E-state index in [1.165, 1.54) is 16.7 Å². The monoisotopic (exact) mass is 359 g/mol. The maximum absolute atomic E-state index is 13.2. The van der Waals surface area contributed by atoms with Gasteiger partial charge in [0.2, 0.25) is 0 Å². The Morgan fingerprint density at radius 1 is 1.12 bits per heavy atom. The zero-order valence-corrected chi connectivity index (χ0v) is 13.3. The van der Waals surface area contributed by atoms with Gasteiger partial charge in [-0.1, -0.05) is 12.1 Å². The van der Waals surface area contributed by atoms with E-state index >= 15 is 0 Å². The number of aldehydes is 1. The number of aryl methyl sites for hydroxylation is 1. The molecule has 0 bridgehead atoms. The first-order chi connectivity index (χ1) is 12.4. The summed E-state index contributed by atoms with van der Waals surface area (Å²) in [6.07, 6.45) is -3.95. The molecule has 2 aromatic carbocycles. The number of nitrogens with zero attached hydrogens (tertiary/aromatic N) is 3. The molecular formula is C18H12F3N3O2. The Morgan fingerprint density at radius 3 is 2.42 bits per heavy atom. The molecule has 3 rings (SSSR count). The molecular weight excluding hydrogens is 347 g/mol. The SMILES string of the molecule is N#Cc1ccc(-n2c(=O)n(CCC=O)c3ccccc32)cc1C(F)(F)F. The molecule has 0 saturated heterocycles. The highest BCUT2D eigenvalue weighted by Gasteiger charge is 2.34. The normalized spacial score (nSPS) is 11.5. The van der Waals surface area contributed by atoms with Gasteiger partial charge in [0.25, 0.3) is 0 Å². The van der Waals surface area contributed by atoms with Crippen molar-refractivity contribution in [1.29, 1.82) is 5.26 Å². The molecule has 0 aliphatic heterocycles. The fraction of sp³-hybridized carbons (Fsp3) is 0.167. The number of halogens is 3. The summed E-state index contributed by atoms with van der Waals surface area (Å²) in [6, 6.07) is 11.3. The van der Waals surface area contributed by atoms with Gasteiger partial charge in [-0.2, -0.15) is 18.4 Å². The number of hydrogen-bond acceptors (Lipinski definition) is 3. The standard InChI is InChI=1S/C18H12F3N3O2/c19-18(20,21)14-10-13(7-6-12(14)11-22)24-16-5-2-1-4-15(16)23(17(24)26)8-3-9-25/h1-2,4-7,9-10H,3,8H2. The van der Waals surface area contributed by atoms with Crippen LogP contribution in [0.25, 0.3) is 16.7 Å². The zero-order chi connectivity index (χ0) is 18.9. The van der Waals surface area contributed by atoms with E-state index in [0.717, 1.165) is 16.7 Å². The van der Waals surface area contributed by atoms with Crippen molar-refractivity contribution in [3.63, 3.8) is 0 Å². The van der Waals surface area contributed by atoms with Gasteiger partial charge in [0.1, 0.15) is 6.29 Å². The van der Waals surface area contributed by atoms with Crippen molar-refractivity contribution in [2.75, 3.05) is 0 Å². The number of benzene rings is 2. The molecule has 0 amide bonds. The van der Waals surface area contributed by atoms with E-state index in [1.54, 1.807) is 24.3 Å². The van der Waals surface area contributed by atoms with Gasteiger partial charge >= 0.3 is 11.9 Å². The highest BCUT2D eigenvalue weighted by Crippen LogP contribution is 2.33. The van der Waals surface area contributed by atoms with E-state index in [0.29, 0.717) is 17.3 Å². The average molecular weight is 359 g/mol. The number of fused-ring (bicyclic) bond motifs is 1. The molecule has 1 heterocycles. The van der Waals surface area contributed by atoms with Gasteiger partial charge in [0, 0.05) is 13.0 Å². The second-order valence-corrected chi connectivity index (χ2v) is 5.55. The van der Waals surface area contributed by atoms with Gasteiger partial charge < -0.3 is 4.79 Å². The van der Waals surface area contributed by atoms with Crippen LogP contribution in [0.4, 0.5) is 13.2 Å². The second-order valence-electron chi connectivity index (χ2n) is 5.55. The Morgan fingerprint density at radius 2 is 1.81 bits per heavy atom. The molecule has 8 heteroatoms.